The van der Waals surface area contributed by atoms with Crippen molar-refractivity contribution in [1.82, 2.24) is 9.80 Å². The SMILES string of the molecule is CC(=O)Nc1cc(-c2ccc(CN3CCCN(C)CC3)cc2C#N)ccc1C. The molecule has 0 saturated carbocycles. The van der Waals surface area contributed by atoms with Crippen molar-refractivity contribution in [2.75, 3.05) is 38.5 Å². The second-order valence-corrected chi connectivity index (χ2v) is 7.64. The third kappa shape index (κ3) is 4.98. The zero-order valence-electron chi connectivity index (χ0n) is 17.0. The number of amides is 1. The molecule has 0 aromatic heterocycles. The number of benzene rings is 2. The molecule has 0 bridgehead atoms. The van der Waals surface area contributed by atoms with Crippen LogP contribution in [-0.4, -0.2) is 48.9 Å². The smallest absolute Gasteiger partial charge is 0.221 e. The first-order valence-electron chi connectivity index (χ1n) is 9.79. The normalized spacial score (nSPS) is 15.6. The fourth-order valence-electron chi connectivity index (χ4n) is 3.66. The van der Waals surface area contributed by atoms with Gasteiger partial charge in [-0.3, -0.25) is 9.69 Å². The van der Waals surface area contributed by atoms with Gasteiger partial charge in [0.2, 0.25) is 5.91 Å². The monoisotopic (exact) mass is 376 g/mol. The predicted octanol–water partition coefficient (Wildman–Crippen LogP) is 3.63. The Bertz CT molecular complexity index is 900. The molecule has 0 aliphatic carbocycles. The minimum Gasteiger partial charge on any atom is -0.326 e. The number of anilines is 1. The van der Waals surface area contributed by atoms with E-state index in [2.05, 4.69) is 34.3 Å². The van der Waals surface area contributed by atoms with Gasteiger partial charge in [0.15, 0.2) is 0 Å². The molecule has 3 rings (SSSR count). The Morgan fingerprint density at radius 3 is 2.71 bits per heavy atom. The van der Waals surface area contributed by atoms with Crippen molar-refractivity contribution in [2.24, 2.45) is 0 Å². The Kier molecular flexibility index (Phi) is 6.45. The van der Waals surface area contributed by atoms with Gasteiger partial charge in [0.05, 0.1) is 11.6 Å². The van der Waals surface area contributed by atoms with Gasteiger partial charge in [-0.05, 0) is 67.9 Å². The Labute approximate surface area is 167 Å². The number of carbonyl (C=O) groups is 1. The fourth-order valence-corrected chi connectivity index (χ4v) is 3.66. The van der Waals surface area contributed by atoms with Crippen LogP contribution in [-0.2, 0) is 11.3 Å². The minimum absolute atomic E-state index is 0.0980. The number of carbonyl (C=O) groups excluding carboxylic acids is 1. The molecule has 0 spiro atoms. The fraction of sp³-hybridized carbons (Fsp3) is 0.391. The maximum absolute atomic E-state index is 11.4. The van der Waals surface area contributed by atoms with Crippen molar-refractivity contribution in [2.45, 2.75) is 26.8 Å². The summed E-state index contributed by atoms with van der Waals surface area (Å²) in [6.45, 7) is 8.70. The second kappa shape index (κ2) is 9.01. The molecule has 1 aliphatic heterocycles. The zero-order valence-corrected chi connectivity index (χ0v) is 17.0. The Morgan fingerprint density at radius 1 is 1.14 bits per heavy atom. The van der Waals surface area contributed by atoms with Crippen molar-refractivity contribution in [3.63, 3.8) is 0 Å². The van der Waals surface area contributed by atoms with E-state index in [9.17, 15) is 10.1 Å². The number of hydrogen-bond acceptors (Lipinski definition) is 4. The van der Waals surface area contributed by atoms with Crippen molar-refractivity contribution in [3.8, 4) is 17.2 Å². The van der Waals surface area contributed by atoms with Gasteiger partial charge in [-0.2, -0.15) is 5.26 Å². The van der Waals surface area contributed by atoms with Crippen LogP contribution < -0.4 is 5.32 Å². The van der Waals surface area contributed by atoms with Crippen LogP contribution >= 0.6 is 0 Å². The number of likely N-dealkylation sites (N-methyl/N-ethyl adjacent to an activating group) is 1. The molecule has 1 fully saturated rings. The molecular formula is C23H28N4O. The topological polar surface area (TPSA) is 59.4 Å². The number of hydrogen-bond donors (Lipinski definition) is 1. The van der Waals surface area contributed by atoms with E-state index in [-0.39, 0.29) is 5.91 Å². The van der Waals surface area contributed by atoms with Crippen molar-refractivity contribution >= 4 is 11.6 Å². The van der Waals surface area contributed by atoms with Crippen LogP contribution in [0.4, 0.5) is 5.69 Å². The van der Waals surface area contributed by atoms with E-state index in [0.29, 0.717) is 5.56 Å². The third-order valence-electron chi connectivity index (χ3n) is 5.28. The van der Waals surface area contributed by atoms with Crippen LogP contribution in [0.25, 0.3) is 11.1 Å². The molecule has 2 aromatic rings. The lowest BCUT2D eigenvalue weighted by Crippen LogP contribution is -2.28. The highest BCUT2D eigenvalue weighted by Crippen LogP contribution is 2.29. The van der Waals surface area contributed by atoms with Crippen LogP contribution in [0.2, 0.25) is 0 Å². The van der Waals surface area contributed by atoms with Gasteiger partial charge in [-0.25, -0.2) is 0 Å². The number of nitrogens with one attached hydrogen (secondary N) is 1. The lowest BCUT2D eigenvalue weighted by atomic mass is 9.96. The quantitative estimate of drug-likeness (QED) is 0.885. The summed E-state index contributed by atoms with van der Waals surface area (Å²) in [6, 6.07) is 14.4. The van der Waals surface area contributed by atoms with Crippen LogP contribution in [0.1, 0.15) is 30.0 Å². The average molecular weight is 377 g/mol. The van der Waals surface area contributed by atoms with Crippen molar-refractivity contribution in [1.29, 1.82) is 5.26 Å². The van der Waals surface area contributed by atoms with Crippen molar-refractivity contribution < 1.29 is 4.79 Å². The van der Waals surface area contributed by atoms with E-state index < -0.39 is 0 Å². The van der Waals surface area contributed by atoms with Gasteiger partial charge >= 0.3 is 0 Å². The first kappa shape index (κ1) is 20.1. The predicted molar refractivity (Wildman–Crippen MR) is 113 cm³/mol. The molecule has 5 heteroatoms. The van der Waals surface area contributed by atoms with E-state index in [4.69, 9.17) is 0 Å². The summed E-state index contributed by atoms with van der Waals surface area (Å²) in [6.07, 6.45) is 1.18. The lowest BCUT2D eigenvalue weighted by molar-refractivity contribution is -0.114. The first-order chi connectivity index (χ1) is 13.5. The molecule has 1 aliphatic rings. The molecule has 28 heavy (non-hydrogen) atoms. The molecule has 0 unspecified atom stereocenters. The van der Waals surface area contributed by atoms with Crippen LogP contribution in [0, 0.1) is 18.3 Å². The minimum atomic E-state index is -0.0980. The van der Waals surface area contributed by atoms with Crippen LogP contribution in [0.3, 0.4) is 0 Å². The molecule has 1 heterocycles. The molecule has 2 aromatic carbocycles. The van der Waals surface area contributed by atoms with E-state index in [0.717, 1.165) is 55.1 Å². The first-order valence-corrected chi connectivity index (χ1v) is 9.79. The lowest BCUT2D eigenvalue weighted by Gasteiger charge is -2.20. The highest BCUT2D eigenvalue weighted by Gasteiger charge is 2.14. The Hall–Kier alpha value is -2.68. The van der Waals surface area contributed by atoms with Crippen LogP contribution in [0.15, 0.2) is 36.4 Å². The molecule has 146 valence electrons. The second-order valence-electron chi connectivity index (χ2n) is 7.64. The molecule has 1 saturated heterocycles. The maximum atomic E-state index is 11.4. The van der Waals surface area contributed by atoms with E-state index in [1.54, 1.807) is 0 Å². The molecular weight excluding hydrogens is 348 g/mol. The maximum Gasteiger partial charge on any atom is 0.221 e. The molecule has 0 radical (unpaired) electrons. The summed E-state index contributed by atoms with van der Waals surface area (Å²) in [7, 11) is 2.17. The van der Waals surface area contributed by atoms with Gasteiger partial charge in [-0.1, -0.05) is 24.3 Å². The summed E-state index contributed by atoms with van der Waals surface area (Å²) in [5.74, 6) is -0.0980. The third-order valence-corrected chi connectivity index (χ3v) is 5.28. The van der Waals surface area contributed by atoms with Gasteiger partial charge in [-0.15, -0.1) is 0 Å². The standard InChI is InChI=1S/C23H28N4O/c1-17-5-7-20(14-23(17)25-18(2)28)22-8-6-19(13-21(22)15-24)16-27-10-4-9-26(3)11-12-27/h5-8,13-14H,4,9-12,16H2,1-3H3,(H,25,28). The largest absolute Gasteiger partial charge is 0.326 e. The highest BCUT2D eigenvalue weighted by atomic mass is 16.1. The number of aryl methyl sites for hydroxylation is 1. The summed E-state index contributed by atoms with van der Waals surface area (Å²) < 4.78 is 0. The highest BCUT2D eigenvalue weighted by molar-refractivity contribution is 5.90. The van der Waals surface area contributed by atoms with E-state index in [1.165, 1.54) is 18.9 Å². The molecule has 1 N–H and O–H groups in total. The Morgan fingerprint density at radius 2 is 1.96 bits per heavy atom. The van der Waals surface area contributed by atoms with Gasteiger partial charge in [0, 0.05) is 32.2 Å². The summed E-state index contributed by atoms with van der Waals surface area (Å²) >= 11 is 0. The average Bonchev–Trinajstić information content (AvgIpc) is 2.87. The van der Waals surface area contributed by atoms with Gasteiger partial charge < -0.3 is 10.2 Å². The molecule has 5 nitrogen and oxygen atoms in total. The zero-order chi connectivity index (χ0) is 20.1. The molecule has 0 atom stereocenters. The number of nitrogens with zero attached hydrogens (tertiary/aromatic N) is 3. The van der Waals surface area contributed by atoms with Crippen molar-refractivity contribution in [3.05, 3.63) is 53.1 Å². The van der Waals surface area contributed by atoms with Gasteiger partial charge in [0.25, 0.3) is 0 Å². The van der Waals surface area contributed by atoms with E-state index in [1.807, 2.05) is 37.3 Å². The summed E-state index contributed by atoms with van der Waals surface area (Å²) in [5.41, 5.74) is 5.45. The number of nitriles is 1. The van der Waals surface area contributed by atoms with Crippen LogP contribution in [0.5, 0.6) is 0 Å². The molecule has 1 amide bonds. The summed E-state index contributed by atoms with van der Waals surface area (Å²) in [5, 5.41) is 12.6. The Balaban J connectivity index is 1.84. The van der Waals surface area contributed by atoms with E-state index >= 15 is 0 Å². The van der Waals surface area contributed by atoms with Gasteiger partial charge in [0.1, 0.15) is 0 Å². The summed E-state index contributed by atoms with van der Waals surface area (Å²) in [4.78, 5) is 16.3. The number of rotatable bonds is 4.